The maximum absolute atomic E-state index is 12.2. The van der Waals surface area contributed by atoms with E-state index >= 15 is 0 Å². The number of hydrazine groups is 1. The van der Waals surface area contributed by atoms with Gasteiger partial charge in [0, 0.05) is 5.56 Å². The summed E-state index contributed by atoms with van der Waals surface area (Å²) in [6, 6.07) is 26.1. The molecule has 0 spiro atoms. The van der Waals surface area contributed by atoms with Gasteiger partial charge in [-0.3, -0.25) is 9.80 Å². The summed E-state index contributed by atoms with van der Waals surface area (Å²) in [4.78, 5) is 12.2. The lowest BCUT2D eigenvalue weighted by Crippen LogP contribution is -2.36. The van der Waals surface area contributed by atoms with Gasteiger partial charge >= 0.3 is 0 Å². The first kappa shape index (κ1) is 15.8. The lowest BCUT2D eigenvalue weighted by atomic mass is 10.2. The molecule has 0 fully saturated rings. The number of carbonyl (C=O) groups is 1. The van der Waals surface area contributed by atoms with Crippen molar-refractivity contribution in [2.75, 3.05) is 0 Å². The molecule has 120 valence electrons. The van der Waals surface area contributed by atoms with Gasteiger partial charge in [0.2, 0.25) is 0 Å². The third kappa shape index (κ3) is 4.00. The molecule has 3 rings (SSSR count). The molecule has 3 aromatic carbocycles. The van der Waals surface area contributed by atoms with E-state index < -0.39 is 0 Å². The number of benzene rings is 3. The van der Waals surface area contributed by atoms with Gasteiger partial charge in [-0.25, -0.2) is 5.84 Å². The third-order valence-electron chi connectivity index (χ3n) is 3.54. The summed E-state index contributed by atoms with van der Waals surface area (Å²) >= 11 is 0. The Labute approximate surface area is 141 Å². The topological polar surface area (TPSA) is 55.6 Å². The van der Waals surface area contributed by atoms with Crippen molar-refractivity contribution in [3.05, 3.63) is 96.1 Å². The van der Waals surface area contributed by atoms with Crippen LogP contribution in [0.1, 0.15) is 15.9 Å². The Hall–Kier alpha value is -3.11. The summed E-state index contributed by atoms with van der Waals surface area (Å²) in [6.07, 6.45) is 0. The molecule has 0 atom stereocenters. The third-order valence-corrected chi connectivity index (χ3v) is 3.54. The molecule has 4 heteroatoms. The summed E-state index contributed by atoms with van der Waals surface area (Å²) in [5.74, 6) is 7.21. The summed E-state index contributed by atoms with van der Waals surface area (Å²) < 4.78 is 5.74. The molecule has 24 heavy (non-hydrogen) atoms. The van der Waals surface area contributed by atoms with E-state index in [1.807, 2.05) is 72.8 Å². The number of rotatable bonds is 5. The number of hydrogen-bond donors (Lipinski definition) is 1. The van der Waals surface area contributed by atoms with E-state index in [9.17, 15) is 4.79 Å². The average Bonchev–Trinajstić information content (AvgIpc) is 2.64. The summed E-state index contributed by atoms with van der Waals surface area (Å²) in [5.41, 5.74) is 1.51. The predicted molar refractivity (Wildman–Crippen MR) is 93.5 cm³/mol. The summed E-state index contributed by atoms with van der Waals surface area (Å²) in [7, 11) is 0. The Morgan fingerprint density at radius 1 is 0.792 bits per heavy atom. The number of nitrogens with two attached hydrogens (primary N) is 1. The highest BCUT2D eigenvalue weighted by Gasteiger charge is 2.12. The van der Waals surface area contributed by atoms with Crippen molar-refractivity contribution < 1.29 is 9.53 Å². The van der Waals surface area contributed by atoms with Crippen LogP contribution in [0, 0.1) is 0 Å². The summed E-state index contributed by atoms with van der Waals surface area (Å²) in [5, 5.41) is 1.21. The lowest BCUT2D eigenvalue weighted by Gasteiger charge is -2.17. The van der Waals surface area contributed by atoms with Gasteiger partial charge < -0.3 is 4.74 Å². The van der Waals surface area contributed by atoms with Gasteiger partial charge in [0.05, 0.1) is 6.54 Å². The highest BCUT2D eigenvalue weighted by molar-refractivity contribution is 5.93. The minimum absolute atomic E-state index is 0.208. The van der Waals surface area contributed by atoms with Crippen molar-refractivity contribution in [3.8, 4) is 11.5 Å². The first-order valence-electron chi connectivity index (χ1n) is 7.66. The highest BCUT2D eigenvalue weighted by Crippen LogP contribution is 2.21. The molecule has 2 N–H and O–H groups in total. The molecule has 0 bridgehead atoms. The highest BCUT2D eigenvalue weighted by atomic mass is 16.5. The molecule has 0 radical (unpaired) electrons. The number of ether oxygens (including phenoxy) is 1. The SMILES string of the molecule is NN(Cc1ccc(Oc2ccccc2)cc1)C(=O)c1ccccc1. The monoisotopic (exact) mass is 318 g/mol. The molecule has 0 aliphatic rings. The molecular formula is C20H18N2O2. The Balaban J connectivity index is 1.62. The van der Waals surface area contributed by atoms with Gasteiger partial charge in [0.1, 0.15) is 11.5 Å². The van der Waals surface area contributed by atoms with Crippen LogP contribution in [-0.2, 0) is 6.54 Å². The maximum Gasteiger partial charge on any atom is 0.268 e. The molecule has 0 saturated carbocycles. The van der Waals surface area contributed by atoms with Crippen LogP contribution in [0.25, 0.3) is 0 Å². The van der Waals surface area contributed by atoms with Gasteiger partial charge in [-0.2, -0.15) is 0 Å². The van der Waals surface area contributed by atoms with E-state index in [1.165, 1.54) is 5.01 Å². The summed E-state index contributed by atoms with van der Waals surface area (Å²) in [6.45, 7) is 0.333. The molecule has 0 unspecified atom stereocenters. The lowest BCUT2D eigenvalue weighted by molar-refractivity contribution is 0.0743. The van der Waals surface area contributed by atoms with E-state index in [0.717, 1.165) is 17.1 Å². The van der Waals surface area contributed by atoms with Crippen molar-refractivity contribution in [1.82, 2.24) is 5.01 Å². The Bertz CT molecular complexity index is 787. The second kappa shape index (κ2) is 7.44. The molecule has 4 nitrogen and oxygen atoms in total. The molecule has 0 aliphatic carbocycles. The van der Waals surface area contributed by atoms with Crippen LogP contribution in [0.3, 0.4) is 0 Å². The van der Waals surface area contributed by atoms with Crippen molar-refractivity contribution in [2.24, 2.45) is 5.84 Å². The second-order valence-electron chi connectivity index (χ2n) is 5.36. The van der Waals surface area contributed by atoms with Crippen molar-refractivity contribution in [1.29, 1.82) is 0 Å². The molecule has 1 amide bonds. The number of amides is 1. The van der Waals surface area contributed by atoms with Crippen molar-refractivity contribution in [2.45, 2.75) is 6.54 Å². The number of nitrogens with zero attached hydrogens (tertiary/aromatic N) is 1. The Morgan fingerprint density at radius 2 is 1.33 bits per heavy atom. The van der Waals surface area contributed by atoms with Gasteiger partial charge in [-0.1, -0.05) is 48.5 Å². The first-order chi connectivity index (χ1) is 11.7. The Morgan fingerprint density at radius 3 is 1.96 bits per heavy atom. The van der Waals surface area contributed by atoms with Crippen LogP contribution in [0.2, 0.25) is 0 Å². The van der Waals surface area contributed by atoms with Gasteiger partial charge in [0.25, 0.3) is 5.91 Å². The normalized spacial score (nSPS) is 10.2. The van der Waals surface area contributed by atoms with Crippen LogP contribution >= 0.6 is 0 Å². The van der Waals surface area contributed by atoms with Crippen molar-refractivity contribution >= 4 is 5.91 Å². The molecule has 0 aromatic heterocycles. The van der Waals surface area contributed by atoms with E-state index in [1.54, 1.807) is 12.1 Å². The van der Waals surface area contributed by atoms with E-state index in [2.05, 4.69) is 0 Å². The average molecular weight is 318 g/mol. The molecule has 0 saturated heterocycles. The minimum Gasteiger partial charge on any atom is -0.457 e. The van der Waals surface area contributed by atoms with Crippen LogP contribution in [0.5, 0.6) is 11.5 Å². The fourth-order valence-corrected chi connectivity index (χ4v) is 2.30. The number of carbonyl (C=O) groups excluding carboxylic acids is 1. The molecule has 3 aromatic rings. The van der Waals surface area contributed by atoms with Gasteiger partial charge in [-0.15, -0.1) is 0 Å². The van der Waals surface area contributed by atoms with Crippen LogP contribution < -0.4 is 10.6 Å². The predicted octanol–water partition coefficient (Wildman–Crippen LogP) is 4.00. The van der Waals surface area contributed by atoms with Gasteiger partial charge in [-0.05, 0) is 42.0 Å². The standard InChI is InChI=1S/C20H18N2O2/c21-22(20(23)17-7-3-1-4-8-17)15-16-11-13-19(14-12-16)24-18-9-5-2-6-10-18/h1-14H,15,21H2. The largest absolute Gasteiger partial charge is 0.457 e. The van der Waals surface area contributed by atoms with E-state index in [-0.39, 0.29) is 5.91 Å². The zero-order valence-corrected chi connectivity index (χ0v) is 13.1. The van der Waals surface area contributed by atoms with Gasteiger partial charge in [0.15, 0.2) is 0 Å². The zero-order chi connectivity index (χ0) is 16.8. The van der Waals surface area contributed by atoms with Crippen LogP contribution in [0.15, 0.2) is 84.9 Å². The molecule has 0 aliphatic heterocycles. The zero-order valence-electron chi connectivity index (χ0n) is 13.1. The second-order valence-corrected chi connectivity index (χ2v) is 5.36. The van der Waals surface area contributed by atoms with E-state index in [4.69, 9.17) is 10.6 Å². The Kier molecular flexibility index (Phi) is 4.89. The molecule has 0 heterocycles. The number of hydrogen-bond acceptors (Lipinski definition) is 3. The van der Waals surface area contributed by atoms with Crippen LogP contribution in [0.4, 0.5) is 0 Å². The smallest absolute Gasteiger partial charge is 0.268 e. The van der Waals surface area contributed by atoms with Crippen LogP contribution in [-0.4, -0.2) is 10.9 Å². The quantitative estimate of drug-likeness (QED) is 0.439. The fourth-order valence-electron chi connectivity index (χ4n) is 2.30. The maximum atomic E-state index is 12.2. The van der Waals surface area contributed by atoms with Crippen molar-refractivity contribution in [3.63, 3.8) is 0 Å². The van der Waals surface area contributed by atoms with E-state index in [0.29, 0.717) is 12.1 Å². The minimum atomic E-state index is -0.208. The molecular weight excluding hydrogens is 300 g/mol. The first-order valence-corrected chi connectivity index (χ1v) is 7.66. The fraction of sp³-hybridized carbons (Fsp3) is 0.0500. The number of para-hydroxylation sites is 1.